The zero-order chi connectivity index (χ0) is 15.1. The summed E-state index contributed by atoms with van der Waals surface area (Å²) in [4.78, 5) is 0. The normalized spacial score (nSPS) is 9.48. The molecule has 0 fully saturated rings. The number of hydrogen-bond donors (Lipinski definition) is 0. The molecule has 0 aliphatic heterocycles. The zero-order valence-corrected chi connectivity index (χ0v) is 11.7. The van der Waals surface area contributed by atoms with Gasteiger partial charge in [-0.25, -0.2) is 0 Å². The molecule has 0 bridgehead atoms. The van der Waals surface area contributed by atoms with Crippen molar-refractivity contribution in [3.63, 3.8) is 0 Å². The quantitative estimate of drug-likeness (QED) is 0.788. The maximum atomic E-state index is 8.86. The molecule has 0 aliphatic carbocycles. The smallest absolute Gasteiger partial charge is 0.123 e. The van der Waals surface area contributed by atoms with E-state index >= 15 is 0 Å². The highest BCUT2D eigenvalue weighted by atomic mass is 16.5. The minimum absolute atomic E-state index is 0.385. The van der Waals surface area contributed by atoms with E-state index in [4.69, 9.17) is 20.0 Å². The van der Waals surface area contributed by atoms with Gasteiger partial charge in [0, 0.05) is 0 Å². The van der Waals surface area contributed by atoms with Crippen molar-refractivity contribution in [2.75, 3.05) is 13.2 Å². The molecule has 4 heteroatoms. The molecule has 0 spiro atoms. The summed E-state index contributed by atoms with van der Waals surface area (Å²) in [5.74, 6) is 1.39. The Labute approximate surface area is 123 Å². The first kappa shape index (κ1) is 14.4. The van der Waals surface area contributed by atoms with Crippen LogP contribution in [0.1, 0.15) is 16.7 Å². The Kier molecular flexibility index (Phi) is 4.79. The minimum atomic E-state index is 0.385. The molecule has 0 unspecified atom stereocenters. The van der Waals surface area contributed by atoms with Crippen molar-refractivity contribution in [3.8, 4) is 23.6 Å². The van der Waals surface area contributed by atoms with Crippen LogP contribution in [0.25, 0.3) is 0 Å². The van der Waals surface area contributed by atoms with Gasteiger partial charge < -0.3 is 9.47 Å². The van der Waals surface area contributed by atoms with Gasteiger partial charge in [-0.3, -0.25) is 0 Å². The first-order chi connectivity index (χ1) is 10.2. The molecule has 0 atom stereocenters. The Morgan fingerprint density at radius 1 is 0.857 bits per heavy atom. The lowest BCUT2D eigenvalue weighted by Crippen LogP contribution is -2.09. The summed E-state index contributed by atoms with van der Waals surface area (Å²) in [6.45, 7) is 2.70. The Morgan fingerprint density at radius 2 is 1.48 bits per heavy atom. The van der Waals surface area contributed by atoms with Gasteiger partial charge >= 0.3 is 0 Å². The number of benzene rings is 2. The van der Waals surface area contributed by atoms with E-state index in [0.29, 0.717) is 35.8 Å². The SMILES string of the molecule is Cc1ccc(C#N)cc1OCCOc1ccc(C#N)cc1. The number of rotatable bonds is 5. The van der Waals surface area contributed by atoms with E-state index in [1.165, 1.54) is 0 Å². The first-order valence-corrected chi connectivity index (χ1v) is 6.49. The molecule has 21 heavy (non-hydrogen) atoms. The summed E-state index contributed by atoms with van der Waals surface area (Å²) >= 11 is 0. The third kappa shape index (κ3) is 3.99. The van der Waals surface area contributed by atoms with E-state index in [1.807, 2.05) is 13.0 Å². The Balaban J connectivity index is 1.84. The van der Waals surface area contributed by atoms with E-state index in [0.717, 1.165) is 5.56 Å². The van der Waals surface area contributed by atoms with Gasteiger partial charge in [0.25, 0.3) is 0 Å². The predicted octanol–water partition coefficient (Wildman–Crippen LogP) is 3.20. The number of ether oxygens (including phenoxy) is 2. The first-order valence-electron chi connectivity index (χ1n) is 6.49. The van der Waals surface area contributed by atoms with Gasteiger partial charge in [0.15, 0.2) is 0 Å². The molecule has 104 valence electrons. The van der Waals surface area contributed by atoms with Crippen LogP contribution in [0.3, 0.4) is 0 Å². The van der Waals surface area contributed by atoms with Gasteiger partial charge in [0.2, 0.25) is 0 Å². The molecule has 0 radical (unpaired) electrons. The maximum Gasteiger partial charge on any atom is 0.123 e. The van der Waals surface area contributed by atoms with Crippen molar-refractivity contribution in [2.24, 2.45) is 0 Å². The molecule has 0 aromatic heterocycles. The third-order valence-electron chi connectivity index (χ3n) is 2.91. The molecule has 2 aromatic carbocycles. The van der Waals surface area contributed by atoms with Crippen LogP contribution >= 0.6 is 0 Å². The van der Waals surface area contributed by atoms with Crippen molar-refractivity contribution >= 4 is 0 Å². The van der Waals surface area contributed by atoms with Gasteiger partial charge in [-0.1, -0.05) is 6.07 Å². The van der Waals surface area contributed by atoms with Crippen LogP contribution in [0.2, 0.25) is 0 Å². The molecule has 2 aromatic rings. The third-order valence-corrected chi connectivity index (χ3v) is 2.91. The van der Waals surface area contributed by atoms with Gasteiger partial charge in [-0.05, 0) is 48.9 Å². The molecule has 0 N–H and O–H groups in total. The van der Waals surface area contributed by atoms with E-state index in [1.54, 1.807) is 36.4 Å². The highest BCUT2D eigenvalue weighted by Crippen LogP contribution is 2.19. The van der Waals surface area contributed by atoms with Crippen LogP contribution in [0.5, 0.6) is 11.5 Å². The number of hydrogen-bond acceptors (Lipinski definition) is 4. The molecule has 0 amide bonds. The van der Waals surface area contributed by atoms with E-state index in [2.05, 4.69) is 12.1 Å². The second kappa shape index (κ2) is 6.98. The van der Waals surface area contributed by atoms with Crippen LogP contribution in [-0.4, -0.2) is 13.2 Å². The lowest BCUT2D eigenvalue weighted by molar-refractivity contribution is 0.216. The highest BCUT2D eigenvalue weighted by Gasteiger charge is 2.02. The second-order valence-electron chi connectivity index (χ2n) is 4.43. The lowest BCUT2D eigenvalue weighted by atomic mass is 10.1. The van der Waals surface area contributed by atoms with Crippen molar-refractivity contribution in [3.05, 3.63) is 59.2 Å². The zero-order valence-electron chi connectivity index (χ0n) is 11.7. The van der Waals surface area contributed by atoms with Gasteiger partial charge in [-0.2, -0.15) is 10.5 Å². The van der Waals surface area contributed by atoms with E-state index in [-0.39, 0.29) is 0 Å². The Morgan fingerprint density at radius 3 is 2.14 bits per heavy atom. The number of aryl methyl sites for hydroxylation is 1. The maximum absolute atomic E-state index is 8.86. The lowest BCUT2D eigenvalue weighted by Gasteiger charge is -2.10. The van der Waals surface area contributed by atoms with Gasteiger partial charge in [-0.15, -0.1) is 0 Å². The predicted molar refractivity (Wildman–Crippen MR) is 78.0 cm³/mol. The average molecular weight is 278 g/mol. The summed E-state index contributed by atoms with van der Waals surface area (Å²) in [7, 11) is 0. The number of nitrogens with zero attached hydrogens (tertiary/aromatic N) is 2. The second-order valence-corrected chi connectivity index (χ2v) is 4.43. The van der Waals surface area contributed by atoms with Crippen LogP contribution in [0.4, 0.5) is 0 Å². The van der Waals surface area contributed by atoms with Crippen molar-refractivity contribution in [1.29, 1.82) is 10.5 Å². The van der Waals surface area contributed by atoms with Crippen LogP contribution in [0, 0.1) is 29.6 Å². The monoisotopic (exact) mass is 278 g/mol. The summed E-state index contributed by atoms with van der Waals surface area (Å²) in [6, 6.07) is 16.4. The molecule has 0 saturated heterocycles. The molecular weight excluding hydrogens is 264 g/mol. The van der Waals surface area contributed by atoms with Gasteiger partial charge in [0.1, 0.15) is 24.7 Å². The van der Waals surface area contributed by atoms with Crippen LogP contribution in [-0.2, 0) is 0 Å². The minimum Gasteiger partial charge on any atom is -0.490 e. The Hall–Kier alpha value is -2.98. The van der Waals surface area contributed by atoms with E-state index in [9.17, 15) is 0 Å². The summed E-state index contributed by atoms with van der Waals surface area (Å²) < 4.78 is 11.1. The molecule has 0 aliphatic rings. The van der Waals surface area contributed by atoms with Crippen molar-refractivity contribution < 1.29 is 9.47 Å². The average Bonchev–Trinajstić information content (AvgIpc) is 2.53. The van der Waals surface area contributed by atoms with Crippen molar-refractivity contribution in [1.82, 2.24) is 0 Å². The largest absolute Gasteiger partial charge is 0.490 e. The summed E-state index contributed by atoms with van der Waals surface area (Å²) in [5.41, 5.74) is 2.15. The fraction of sp³-hybridized carbons (Fsp3) is 0.176. The van der Waals surface area contributed by atoms with E-state index < -0.39 is 0 Å². The van der Waals surface area contributed by atoms with Crippen LogP contribution in [0.15, 0.2) is 42.5 Å². The summed E-state index contributed by atoms with van der Waals surface area (Å²) in [5, 5.41) is 17.6. The fourth-order valence-electron chi connectivity index (χ4n) is 1.76. The Bertz CT molecular complexity index is 694. The molecular formula is C17H14N2O2. The van der Waals surface area contributed by atoms with Crippen LogP contribution < -0.4 is 9.47 Å². The molecule has 0 saturated carbocycles. The fourth-order valence-corrected chi connectivity index (χ4v) is 1.76. The molecule has 2 rings (SSSR count). The highest BCUT2D eigenvalue weighted by molar-refractivity contribution is 5.41. The molecule has 4 nitrogen and oxygen atoms in total. The van der Waals surface area contributed by atoms with Gasteiger partial charge in [0.05, 0.1) is 23.3 Å². The number of nitriles is 2. The summed E-state index contributed by atoms with van der Waals surface area (Å²) in [6.07, 6.45) is 0. The standard InChI is InChI=1S/C17H14N2O2/c1-13-2-3-15(12-19)10-17(13)21-9-8-20-16-6-4-14(11-18)5-7-16/h2-7,10H,8-9H2,1H3. The topological polar surface area (TPSA) is 66.0 Å². The molecule has 0 heterocycles. The van der Waals surface area contributed by atoms with Crippen molar-refractivity contribution in [2.45, 2.75) is 6.92 Å².